The lowest BCUT2D eigenvalue weighted by atomic mass is 10.1. The van der Waals surface area contributed by atoms with Crippen LogP contribution in [0.15, 0.2) is 24.4 Å². The zero-order valence-electron chi connectivity index (χ0n) is 12.8. The van der Waals surface area contributed by atoms with Crippen LogP contribution in [-0.2, 0) is 16.0 Å². The first kappa shape index (κ1) is 16.9. The first-order valence-electron chi connectivity index (χ1n) is 7.60. The summed E-state index contributed by atoms with van der Waals surface area (Å²) in [5, 5.41) is 3.18. The summed E-state index contributed by atoms with van der Waals surface area (Å²) in [6, 6.07) is 3.78. The van der Waals surface area contributed by atoms with Crippen LogP contribution in [0.25, 0.3) is 0 Å². The topological polar surface area (TPSA) is 77.2 Å². The largest absolute Gasteiger partial charge is 0.364 e. The molecule has 8 heteroatoms. The van der Waals surface area contributed by atoms with Crippen molar-refractivity contribution < 1.29 is 18.3 Å². The van der Waals surface area contributed by atoms with Gasteiger partial charge in [-0.25, -0.2) is 13.8 Å². The Balaban J connectivity index is 1.59. The number of nitrogens with two attached hydrogens (primary N) is 1. The Kier molecular flexibility index (Phi) is 5.17. The molecule has 1 aliphatic heterocycles. The quantitative estimate of drug-likeness (QED) is 0.866. The minimum atomic E-state index is -0.876. The fraction of sp³-hybridized carbons (Fsp3) is 0.375. The van der Waals surface area contributed by atoms with Gasteiger partial charge in [0.25, 0.3) is 5.91 Å². The van der Waals surface area contributed by atoms with Crippen molar-refractivity contribution in [2.45, 2.75) is 31.5 Å². The van der Waals surface area contributed by atoms with Crippen molar-refractivity contribution in [2.24, 2.45) is 5.73 Å². The lowest BCUT2D eigenvalue weighted by Crippen LogP contribution is -2.29. The van der Waals surface area contributed by atoms with Crippen LogP contribution in [0.2, 0.25) is 0 Å². The van der Waals surface area contributed by atoms with Crippen molar-refractivity contribution in [1.82, 2.24) is 4.98 Å². The number of ether oxygens (including phenoxy) is 1. The number of hydrogen-bond acceptors (Lipinski definition) is 5. The van der Waals surface area contributed by atoms with Crippen molar-refractivity contribution in [2.75, 3.05) is 11.9 Å². The Morgan fingerprint density at radius 2 is 2.21 bits per heavy atom. The first-order chi connectivity index (χ1) is 11.5. The molecule has 1 aromatic heterocycles. The predicted octanol–water partition coefficient (Wildman–Crippen LogP) is 2.46. The first-order valence-corrected chi connectivity index (χ1v) is 8.42. The number of carbonyl (C=O) groups is 1. The number of nitrogens with zero attached hydrogens (tertiary/aromatic N) is 1. The standard InChI is InChI=1S/C16H17F2N3O2S/c17-12-3-1-9(6-13(12)18)5-11-8-20-16(24-11)21-15(22)14-4-2-10(7-19)23-14/h1,3,6,8,10,14H,2,4-5,7,19H2,(H,20,21,22)/t10-,14+/m1/s1. The minimum Gasteiger partial charge on any atom is -0.364 e. The Hall–Kier alpha value is -1.90. The van der Waals surface area contributed by atoms with Crippen LogP contribution in [0, 0.1) is 11.6 Å². The molecule has 2 atom stereocenters. The molecule has 2 heterocycles. The maximum absolute atomic E-state index is 13.2. The summed E-state index contributed by atoms with van der Waals surface area (Å²) in [5.74, 6) is -1.98. The number of rotatable bonds is 5. The molecule has 0 aliphatic carbocycles. The van der Waals surface area contributed by atoms with Crippen LogP contribution in [0.1, 0.15) is 23.3 Å². The number of aromatic nitrogens is 1. The normalized spacial score (nSPS) is 20.3. The zero-order chi connectivity index (χ0) is 17.1. The summed E-state index contributed by atoms with van der Waals surface area (Å²) in [6.45, 7) is 0.402. The molecule has 1 amide bonds. The number of nitrogens with one attached hydrogen (secondary N) is 1. The summed E-state index contributed by atoms with van der Waals surface area (Å²) in [5.41, 5.74) is 6.17. The fourth-order valence-electron chi connectivity index (χ4n) is 2.56. The van der Waals surface area contributed by atoms with E-state index in [2.05, 4.69) is 10.3 Å². The molecule has 0 radical (unpaired) electrons. The van der Waals surface area contributed by atoms with Crippen molar-refractivity contribution in [3.05, 3.63) is 46.5 Å². The molecular formula is C16H17F2N3O2S. The number of amides is 1. The highest BCUT2D eigenvalue weighted by molar-refractivity contribution is 7.15. The molecule has 1 aliphatic rings. The highest BCUT2D eigenvalue weighted by Crippen LogP contribution is 2.24. The molecule has 0 bridgehead atoms. The number of thiazole rings is 1. The van der Waals surface area contributed by atoms with Crippen molar-refractivity contribution >= 4 is 22.4 Å². The third kappa shape index (κ3) is 3.95. The number of halogens is 2. The molecule has 128 valence electrons. The van der Waals surface area contributed by atoms with Crippen LogP contribution in [-0.4, -0.2) is 29.6 Å². The molecule has 1 fully saturated rings. The second kappa shape index (κ2) is 7.33. The van der Waals surface area contributed by atoms with Crippen LogP contribution in [0.4, 0.5) is 13.9 Å². The maximum Gasteiger partial charge on any atom is 0.255 e. The van der Waals surface area contributed by atoms with E-state index < -0.39 is 17.7 Å². The van der Waals surface area contributed by atoms with Crippen molar-refractivity contribution in [3.63, 3.8) is 0 Å². The minimum absolute atomic E-state index is 0.0685. The Morgan fingerprint density at radius 1 is 1.38 bits per heavy atom. The molecule has 1 aromatic carbocycles. The maximum atomic E-state index is 13.2. The van der Waals surface area contributed by atoms with E-state index in [1.54, 1.807) is 6.20 Å². The van der Waals surface area contributed by atoms with Gasteiger partial charge in [0.1, 0.15) is 6.10 Å². The van der Waals surface area contributed by atoms with Gasteiger partial charge in [-0.3, -0.25) is 10.1 Å². The Labute approximate surface area is 141 Å². The van der Waals surface area contributed by atoms with Gasteiger partial charge in [-0.05, 0) is 30.5 Å². The summed E-state index contributed by atoms with van der Waals surface area (Å²) >= 11 is 1.29. The van der Waals surface area contributed by atoms with E-state index in [4.69, 9.17) is 10.5 Å². The molecule has 5 nitrogen and oxygen atoms in total. The van der Waals surface area contributed by atoms with E-state index in [1.165, 1.54) is 17.4 Å². The second-order valence-electron chi connectivity index (χ2n) is 5.61. The highest BCUT2D eigenvalue weighted by atomic mass is 32.1. The average molecular weight is 353 g/mol. The van der Waals surface area contributed by atoms with Crippen LogP contribution >= 0.6 is 11.3 Å². The summed E-state index contributed by atoms with van der Waals surface area (Å²) in [4.78, 5) is 17.1. The van der Waals surface area contributed by atoms with Crippen molar-refractivity contribution in [3.8, 4) is 0 Å². The Bertz CT molecular complexity index is 738. The molecule has 24 heavy (non-hydrogen) atoms. The lowest BCUT2D eigenvalue weighted by molar-refractivity contribution is -0.126. The molecular weight excluding hydrogens is 336 g/mol. The van der Waals surface area contributed by atoms with Gasteiger partial charge in [0.2, 0.25) is 0 Å². The van der Waals surface area contributed by atoms with Gasteiger partial charge >= 0.3 is 0 Å². The van der Waals surface area contributed by atoms with Gasteiger partial charge in [0.15, 0.2) is 16.8 Å². The molecule has 0 unspecified atom stereocenters. The van der Waals surface area contributed by atoms with E-state index >= 15 is 0 Å². The molecule has 3 rings (SSSR count). The summed E-state index contributed by atoms with van der Waals surface area (Å²) in [6.07, 6.45) is 2.87. The predicted molar refractivity (Wildman–Crippen MR) is 86.9 cm³/mol. The smallest absolute Gasteiger partial charge is 0.255 e. The Morgan fingerprint density at radius 3 is 2.92 bits per heavy atom. The van der Waals surface area contributed by atoms with Crippen molar-refractivity contribution in [1.29, 1.82) is 0 Å². The van der Waals surface area contributed by atoms with Crippen LogP contribution < -0.4 is 11.1 Å². The number of carbonyl (C=O) groups excluding carboxylic acids is 1. The van der Waals surface area contributed by atoms with E-state index in [-0.39, 0.29) is 12.0 Å². The monoisotopic (exact) mass is 353 g/mol. The van der Waals surface area contributed by atoms with Gasteiger partial charge < -0.3 is 10.5 Å². The molecule has 3 N–H and O–H groups in total. The zero-order valence-corrected chi connectivity index (χ0v) is 13.6. The molecule has 0 spiro atoms. The number of anilines is 1. The summed E-state index contributed by atoms with van der Waals surface area (Å²) in [7, 11) is 0. The third-order valence-electron chi connectivity index (χ3n) is 3.81. The van der Waals surface area contributed by atoms with E-state index in [0.717, 1.165) is 23.4 Å². The van der Waals surface area contributed by atoms with E-state index in [1.807, 2.05) is 0 Å². The summed E-state index contributed by atoms with van der Waals surface area (Å²) < 4.78 is 31.7. The lowest BCUT2D eigenvalue weighted by Gasteiger charge is -2.11. The third-order valence-corrected chi connectivity index (χ3v) is 4.72. The SMILES string of the molecule is NC[C@H]1CC[C@@H](C(=O)Nc2ncc(Cc3ccc(F)c(F)c3)s2)O1. The van der Waals surface area contributed by atoms with Gasteiger partial charge in [0.05, 0.1) is 6.10 Å². The molecule has 2 aromatic rings. The second-order valence-corrected chi connectivity index (χ2v) is 6.72. The molecule has 0 saturated carbocycles. The van der Waals surface area contributed by atoms with E-state index in [0.29, 0.717) is 30.1 Å². The van der Waals surface area contributed by atoms with Crippen LogP contribution in [0.3, 0.4) is 0 Å². The fourth-order valence-corrected chi connectivity index (χ4v) is 3.41. The van der Waals surface area contributed by atoms with Gasteiger partial charge in [-0.2, -0.15) is 0 Å². The van der Waals surface area contributed by atoms with E-state index in [9.17, 15) is 13.6 Å². The number of benzene rings is 1. The molecule has 1 saturated heterocycles. The number of hydrogen-bond donors (Lipinski definition) is 2. The van der Waals surface area contributed by atoms with Crippen LogP contribution in [0.5, 0.6) is 0 Å². The van der Waals surface area contributed by atoms with Gasteiger partial charge in [0, 0.05) is 24.0 Å². The van der Waals surface area contributed by atoms with Gasteiger partial charge in [-0.1, -0.05) is 6.07 Å². The highest BCUT2D eigenvalue weighted by Gasteiger charge is 2.30. The average Bonchev–Trinajstić information content (AvgIpc) is 3.20. The van der Waals surface area contributed by atoms with Gasteiger partial charge in [-0.15, -0.1) is 11.3 Å².